The quantitative estimate of drug-likeness (QED) is 0.734. The maximum Gasteiger partial charge on any atom is 0.282 e. The number of nitrogens with zero attached hydrogens (tertiary/aromatic N) is 3. The highest BCUT2D eigenvalue weighted by molar-refractivity contribution is 6.31. The Bertz CT molecular complexity index is 967. The summed E-state index contributed by atoms with van der Waals surface area (Å²) < 4.78 is 1.64. The molecule has 0 saturated heterocycles. The summed E-state index contributed by atoms with van der Waals surface area (Å²) in [6.07, 6.45) is 0. The number of anilines is 1. The van der Waals surface area contributed by atoms with Gasteiger partial charge in [-0.15, -0.1) is 0 Å². The van der Waals surface area contributed by atoms with Crippen LogP contribution in [0.15, 0.2) is 53.3 Å². The smallest absolute Gasteiger partial charge is 0.282 e. The second-order valence-corrected chi connectivity index (χ2v) is 5.79. The largest absolute Gasteiger partial charge is 0.310 e. The SMILES string of the molecule is CCn1nc(C(=O)N(C)c2ccccc2)c(=O)c2cc(Cl)ccc21. The van der Waals surface area contributed by atoms with Crippen LogP contribution in [0.1, 0.15) is 17.4 Å². The van der Waals surface area contributed by atoms with Crippen molar-refractivity contribution in [1.29, 1.82) is 0 Å². The first-order chi connectivity index (χ1) is 11.5. The van der Waals surface area contributed by atoms with Gasteiger partial charge < -0.3 is 4.90 Å². The summed E-state index contributed by atoms with van der Waals surface area (Å²) in [7, 11) is 1.62. The molecule has 1 amide bonds. The standard InChI is InChI=1S/C18H16ClN3O2/c1-3-22-15-10-9-12(19)11-14(15)17(23)16(20-22)18(24)21(2)13-7-5-4-6-8-13/h4-11H,3H2,1-2H3. The minimum absolute atomic E-state index is 0.113. The maximum absolute atomic E-state index is 12.8. The number of amides is 1. The highest BCUT2D eigenvalue weighted by Gasteiger charge is 2.21. The Hall–Kier alpha value is -2.66. The molecule has 0 aliphatic carbocycles. The van der Waals surface area contributed by atoms with E-state index < -0.39 is 11.3 Å². The van der Waals surface area contributed by atoms with Gasteiger partial charge in [0.05, 0.1) is 10.9 Å². The zero-order valence-corrected chi connectivity index (χ0v) is 14.1. The molecule has 0 aliphatic rings. The van der Waals surface area contributed by atoms with Crippen molar-refractivity contribution in [2.24, 2.45) is 0 Å². The maximum atomic E-state index is 12.8. The van der Waals surface area contributed by atoms with Crippen molar-refractivity contribution in [2.45, 2.75) is 13.5 Å². The van der Waals surface area contributed by atoms with Crippen LogP contribution in [-0.2, 0) is 6.54 Å². The lowest BCUT2D eigenvalue weighted by Crippen LogP contribution is -2.33. The van der Waals surface area contributed by atoms with Gasteiger partial charge in [-0.2, -0.15) is 5.10 Å². The fourth-order valence-electron chi connectivity index (χ4n) is 2.57. The average Bonchev–Trinajstić information content (AvgIpc) is 2.62. The van der Waals surface area contributed by atoms with E-state index in [9.17, 15) is 9.59 Å². The Morgan fingerprint density at radius 1 is 1.21 bits per heavy atom. The van der Waals surface area contributed by atoms with Crippen LogP contribution in [0.25, 0.3) is 10.9 Å². The number of fused-ring (bicyclic) bond motifs is 1. The molecule has 24 heavy (non-hydrogen) atoms. The van der Waals surface area contributed by atoms with Crippen molar-refractivity contribution in [3.05, 3.63) is 69.5 Å². The molecule has 0 atom stereocenters. The monoisotopic (exact) mass is 341 g/mol. The molecule has 0 saturated carbocycles. The molecule has 122 valence electrons. The molecule has 2 aromatic carbocycles. The van der Waals surface area contributed by atoms with E-state index in [1.165, 1.54) is 4.90 Å². The van der Waals surface area contributed by atoms with Gasteiger partial charge >= 0.3 is 0 Å². The van der Waals surface area contributed by atoms with E-state index in [1.54, 1.807) is 42.1 Å². The lowest BCUT2D eigenvalue weighted by molar-refractivity contribution is 0.0985. The Labute approximate surface area is 144 Å². The number of hydrogen-bond donors (Lipinski definition) is 0. The van der Waals surface area contributed by atoms with Crippen LogP contribution in [0.5, 0.6) is 0 Å². The minimum Gasteiger partial charge on any atom is -0.310 e. The fourth-order valence-corrected chi connectivity index (χ4v) is 2.74. The second-order valence-electron chi connectivity index (χ2n) is 5.35. The predicted molar refractivity (Wildman–Crippen MR) is 95.9 cm³/mol. The molecule has 1 aromatic heterocycles. The van der Waals surface area contributed by atoms with Crippen molar-refractivity contribution in [3.8, 4) is 0 Å². The van der Waals surface area contributed by atoms with E-state index >= 15 is 0 Å². The van der Waals surface area contributed by atoms with Crippen molar-refractivity contribution >= 4 is 34.1 Å². The highest BCUT2D eigenvalue weighted by Crippen LogP contribution is 2.18. The Kier molecular flexibility index (Phi) is 4.36. The van der Waals surface area contributed by atoms with Crippen molar-refractivity contribution in [1.82, 2.24) is 9.78 Å². The van der Waals surface area contributed by atoms with E-state index in [0.717, 1.165) is 0 Å². The summed E-state index contributed by atoms with van der Waals surface area (Å²) in [4.78, 5) is 26.9. The Morgan fingerprint density at radius 2 is 1.92 bits per heavy atom. The summed E-state index contributed by atoms with van der Waals surface area (Å²) in [5.41, 5.74) is 0.826. The Morgan fingerprint density at radius 3 is 2.58 bits per heavy atom. The number of halogens is 1. The van der Waals surface area contributed by atoms with Crippen LogP contribution in [0, 0.1) is 0 Å². The zero-order valence-electron chi connectivity index (χ0n) is 13.4. The third-order valence-corrected chi connectivity index (χ3v) is 4.10. The van der Waals surface area contributed by atoms with Gasteiger partial charge in [-0.1, -0.05) is 29.8 Å². The molecule has 0 bridgehead atoms. The van der Waals surface area contributed by atoms with E-state index in [1.807, 2.05) is 25.1 Å². The van der Waals surface area contributed by atoms with E-state index in [-0.39, 0.29) is 5.69 Å². The number of aryl methyl sites for hydroxylation is 1. The fraction of sp³-hybridized carbons (Fsp3) is 0.167. The molecular formula is C18H16ClN3O2. The summed E-state index contributed by atoms with van der Waals surface area (Å²) in [5, 5.41) is 5.11. The molecule has 5 nitrogen and oxygen atoms in total. The van der Waals surface area contributed by atoms with E-state index in [2.05, 4.69) is 5.10 Å². The summed E-state index contributed by atoms with van der Waals surface area (Å²) >= 11 is 6.01. The van der Waals surface area contributed by atoms with Gasteiger partial charge in [-0.3, -0.25) is 14.3 Å². The predicted octanol–water partition coefficient (Wildman–Crippen LogP) is 3.35. The third kappa shape index (κ3) is 2.78. The van der Waals surface area contributed by atoms with Gasteiger partial charge in [0.2, 0.25) is 5.43 Å². The normalized spacial score (nSPS) is 10.8. The molecule has 3 aromatic rings. The number of carbonyl (C=O) groups excluding carboxylic acids is 1. The number of benzene rings is 2. The van der Waals surface area contributed by atoms with Gasteiger partial charge in [0, 0.05) is 24.3 Å². The highest BCUT2D eigenvalue weighted by atomic mass is 35.5. The van der Waals surface area contributed by atoms with Crippen LogP contribution in [0.4, 0.5) is 5.69 Å². The molecule has 0 radical (unpaired) electrons. The van der Waals surface area contributed by atoms with Crippen molar-refractivity contribution in [2.75, 3.05) is 11.9 Å². The topological polar surface area (TPSA) is 55.2 Å². The van der Waals surface area contributed by atoms with Crippen LogP contribution in [-0.4, -0.2) is 22.7 Å². The molecule has 0 spiro atoms. The first kappa shape index (κ1) is 16.2. The van der Waals surface area contributed by atoms with Gasteiger partial charge in [-0.25, -0.2) is 0 Å². The summed E-state index contributed by atoms with van der Waals surface area (Å²) in [6.45, 7) is 2.44. The van der Waals surface area contributed by atoms with Gasteiger partial charge in [-0.05, 0) is 37.3 Å². The molecule has 0 unspecified atom stereocenters. The number of aromatic nitrogens is 2. The third-order valence-electron chi connectivity index (χ3n) is 3.87. The molecule has 0 fully saturated rings. The minimum atomic E-state index is -0.449. The first-order valence-electron chi connectivity index (χ1n) is 7.56. The lowest BCUT2D eigenvalue weighted by Gasteiger charge is -2.17. The van der Waals surface area contributed by atoms with Crippen molar-refractivity contribution in [3.63, 3.8) is 0 Å². The first-order valence-corrected chi connectivity index (χ1v) is 7.94. The summed E-state index contributed by atoms with van der Waals surface area (Å²) in [6, 6.07) is 14.1. The number of hydrogen-bond acceptors (Lipinski definition) is 3. The Balaban J connectivity index is 2.17. The van der Waals surface area contributed by atoms with Gasteiger partial charge in [0.15, 0.2) is 5.69 Å². The number of rotatable bonds is 3. The second kappa shape index (κ2) is 6.45. The lowest BCUT2D eigenvalue weighted by atomic mass is 10.2. The molecule has 3 rings (SSSR count). The molecule has 1 heterocycles. The zero-order chi connectivity index (χ0) is 17.3. The van der Waals surface area contributed by atoms with Crippen LogP contribution >= 0.6 is 11.6 Å². The van der Waals surface area contributed by atoms with Gasteiger partial charge in [0.25, 0.3) is 5.91 Å². The van der Waals surface area contributed by atoms with Crippen LogP contribution in [0.3, 0.4) is 0 Å². The van der Waals surface area contributed by atoms with Gasteiger partial charge in [0.1, 0.15) is 0 Å². The molecule has 0 aliphatic heterocycles. The molecule has 6 heteroatoms. The van der Waals surface area contributed by atoms with E-state index in [4.69, 9.17) is 11.6 Å². The van der Waals surface area contributed by atoms with Crippen LogP contribution < -0.4 is 10.3 Å². The number of para-hydroxylation sites is 1. The molecule has 0 N–H and O–H groups in total. The average molecular weight is 342 g/mol. The van der Waals surface area contributed by atoms with Crippen LogP contribution in [0.2, 0.25) is 5.02 Å². The number of carbonyl (C=O) groups is 1. The molecular weight excluding hydrogens is 326 g/mol. The summed E-state index contributed by atoms with van der Waals surface area (Å²) in [5.74, 6) is -0.449. The van der Waals surface area contributed by atoms with Crippen molar-refractivity contribution < 1.29 is 4.79 Å². The van der Waals surface area contributed by atoms with E-state index in [0.29, 0.717) is 28.2 Å².